The average Bonchev–Trinajstić information content (AvgIpc) is 2.88. The molecule has 1 saturated heterocycles. The summed E-state index contributed by atoms with van der Waals surface area (Å²) in [5, 5.41) is 6.73. The Hall–Kier alpha value is -3.44. The number of hydrogen-bond donors (Lipinski definition) is 2. The predicted molar refractivity (Wildman–Crippen MR) is 130 cm³/mol. The second-order valence-corrected chi connectivity index (χ2v) is 8.44. The molecule has 2 N–H and O–H groups in total. The molecular weight excluding hydrogens is 412 g/mol. The molecule has 0 spiro atoms. The van der Waals surface area contributed by atoms with E-state index in [-0.39, 0.29) is 30.1 Å². The van der Waals surface area contributed by atoms with E-state index in [0.717, 1.165) is 25.1 Å². The van der Waals surface area contributed by atoms with Gasteiger partial charge in [0.1, 0.15) is 5.75 Å². The number of rotatable bonds is 8. The van der Waals surface area contributed by atoms with E-state index in [2.05, 4.69) is 22.8 Å². The molecule has 1 fully saturated rings. The van der Waals surface area contributed by atoms with Crippen LogP contribution in [0.25, 0.3) is 0 Å². The van der Waals surface area contributed by atoms with Crippen LogP contribution in [0.5, 0.6) is 5.75 Å². The first-order valence-electron chi connectivity index (χ1n) is 11.4. The molecule has 3 unspecified atom stereocenters. The van der Waals surface area contributed by atoms with Crippen molar-refractivity contribution in [2.45, 2.75) is 30.7 Å². The molecule has 0 bridgehead atoms. The molecule has 1 amide bonds. The molecule has 170 valence electrons. The summed E-state index contributed by atoms with van der Waals surface area (Å²) in [4.78, 5) is 26.6. The van der Waals surface area contributed by atoms with Crippen LogP contribution in [0, 0.1) is 0 Å². The van der Waals surface area contributed by atoms with Crippen molar-refractivity contribution in [2.75, 3.05) is 20.2 Å². The van der Waals surface area contributed by atoms with Crippen LogP contribution in [0.1, 0.15) is 46.2 Å². The highest BCUT2D eigenvalue weighted by molar-refractivity contribution is 6.00. The number of ether oxygens (including phenoxy) is 1. The molecule has 33 heavy (non-hydrogen) atoms. The summed E-state index contributed by atoms with van der Waals surface area (Å²) < 4.78 is 5.19. The number of nitrogens with one attached hydrogen (secondary N) is 2. The summed E-state index contributed by atoms with van der Waals surface area (Å²) in [6, 6.07) is 26.9. The van der Waals surface area contributed by atoms with Gasteiger partial charge in [-0.3, -0.25) is 9.59 Å². The molecule has 0 saturated carbocycles. The van der Waals surface area contributed by atoms with Crippen LogP contribution in [0.3, 0.4) is 0 Å². The van der Waals surface area contributed by atoms with Gasteiger partial charge >= 0.3 is 0 Å². The van der Waals surface area contributed by atoms with E-state index >= 15 is 0 Å². The van der Waals surface area contributed by atoms with Crippen LogP contribution >= 0.6 is 0 Å². The van der Waals surface area contributed by atoms with Crippen molar-refractivity contribution >= 4 is 11.7 Å². The second-order valence-electron chi connectivity index (χ2n) is 8.44. The van der Waals surface area contributed by atoms with E-state index in [0.29, 0.717) is 11.3 Å². The van der Waals surface area contributed by atoms with Gasteiger partial charge in [-0.15, -0.1) is 0 Å². The standard InChI is InChI=1S/C28H30N2O3/c1-33-23-14-12-22(13-15-23)27(31)18-24(20-8-4-2-5-9-20)28(32)30-26-16-17-29-19-25(26)21-10-6-3-7-11-21/h2-15,24-26,29H,16-19H2,1H3,(H,30,32). The Morgan fingerprint density at radius 3 is 2.30 bits per heavy atom. The minimum Gasteiger partial charge on any atom is -0.497 e. The van der Waals surface area contributed by atoms with Crippen molar-refractivity contribution in [1.29, 1.82) is 0 Å². The highest BCUT2D eigenvalue weighted by Crippen LogP contribution is 2.27. The van der Waals surface area contributed by atoms with Gasteiger partial charge in [0.05, 0.1) is 13.0 Å². The van der Waals surface area contributed by atoms with E-state index < -0.39 is 5.92 Å². The molecule has 1 aliphatic heterocycles. The lowest BCUT2D eigenvalue weighted by Gasteiger charge is -2.34. The quantitative estimate of drug-likeness (QED) is 0.510. The number of benzene rings is 3. The van der Waals surface area contributed by atoms with Crippen molar-refractivity contribution in [3.8, 4) is 5.75 Å². The summed E-state index contributed by atoms with van der Waals surface area (Å²) >= 11 is 0. The zero-order valence-electron chi connectivity index (χ0n) is 18.9. The molecule has 0 radical (unpaired) electrons. The maximum atomic E-state index is 13.6. The Bertz CT molecular complexity index is 1050. The molecule has 3 atom stereocenters. The molecule has 0 aromatic heterocycles. The summed E-state index contributed by atoms with van der Waals surface area (Å²) in [7, 11) is 1.59. The minimum absolute atomic E-state index is 0.0171. The van der Waals surface area contributed by atoms with E-state index in [4.69, 9.17) is 4.74 Å². The van der Waals surface area contributed by atoms with Gasteiger partial charge in [0.25, 0.3) is 0 Å². The topological polar surface area (TPSA) is 67.4 Å². The Morgan fingerprint density at radius 1 is 0.970 bits per heavy atom. The average molecular weight is 443 g/mol. The molecule has 0 aliphatic carbocycles. The summed E-state index contributed by atoms with van der Waals surface area (Å²) in [6.45, 7) is 1.67. The molecule has 3 aromatic carbocycles. The van der Waals surface area contributed by atoms with Crippen molar-refractivity contribution < 1.29 is 14.3 Å². The Balaban J connectivity index is 1.53. The van der Waals surface area contributed by atoms with Crippen LogP contribution in [0.4, 0.5) is 0 Å². The van der Waals surface area contributed by atoms with E-state index in [9.17, 15) is 9.59 Å². The summed E-state index contributed by atoms with van der Waals surface area (Å²) in [5.74, 6) is 0.175. The van der Waals surface area contributed by atoms with Gasteiger partial charge in [0, 0.05) is 30.5 Å². The minimum atomic E-state index is -0.549. The maximum Gasteiger partial charge on any atom is 0.228 e. The third kappa shape index (κ3) is 5.68. The third-order valence-electron chi connectivity index (χ3n) is 6.36. The Kier molecular flexibility index (Phi) is 7.53. The molecule has 5 heteroatoms. The first-order valence-corrected chi connectivity index (χ1v) is 11.4. The molecular formula is C28H30N2O3. The third-order valence-corrected chi connectivity index (χ3v) is 6.36. The highest BCUT2D eigenvalue weighted by atomic mass is 16.5. The SMILES string of the molecule is COc1ccc(C(=O)CC(C(=O)NC2CCNCC2c2ccccc2)c2ccccc2)cc1. The number of hydrogen-bond acceptors (Lipinski definition) is 4. The zero-order valence-corrected chi connectivity index (χ0v) is 18.9. The smallest absolute Gasteiger partial charge is 0.228 e. The number of ketones is 1. The summed E-state index contributed by atoms with van der Waals surface area (Å²) in [6.07, 6.45) is 0.961. The maximum absolute atomic E-state index is 13.6. The number of carbonyl (C=O) groups excluding carboxylic acids is 2. The van der Waals surface area contributed by atoms with Crippen LogP contribution in [-0.4, -0.2) is 37.9 Å². The predicted octanol–water partition coefficient (Wildman–Crippen LogP) is 4.31. The molecule has 3 aromatic rings. The van der Waals surface area contributed by atoms with E-state index in [1.807, 2.05) is 48.5 Å². The molecule has 4 rings (SSSR count). The number of carbonyl (C=O) groups is 2. The van der Waals surface area contributed by atoms with Crippen molar-refractivity contribution in [2.24, 2.45) is 0 Å². The van der Waals surface area contributed by atoms with Crippen molar-refractivity contribution in [3.63, 3.8) is 0 Å². The normalized spacial score (nSPS) is 18.8. The molecule has 1 aliphatic rings. The van der Waals surface area contributed by atoms with Crippen LogP contribution in [0.15, 0.2) is 84.9 Å². The highest BCUT2D eigenvalue weighted by Gasteiger charge is 2.31. The monoisotopic (exact) mass is 442 g/mol. The van der Waals surface area contributed by atoms with E-state index in [1.165, 1.54) is 5.56 Å². The molecule has 5 nitrogen and oxygen atoms in total. The number of methoxy groups -OCH3 is 1. The second kappa shape index (κ2) is 10.9. The Morgan fingerprint density at radius 2 is 1.64 bits per heavy atom. The first-order chi connectivity index (χ1) is 16.2. The van der Waals surface area contributed by atoms with Gasteiger partial charge in [-0.05, 0) is 48.4 Å². The Labute approximate surface area is 195 Å². The number of Topliss-reactive ketones (excluding diaryl/α,β-unsaturated/α-hetero) is 1. The van der Waals surface area contributed by atoms with Gasteiger partial charge in [-0.2, -0.15) is 0 Å². The molecule has 1 heterocycles. The van der Waals surface area contributed by atoms with Crippen molar-refractivity contribution in [3.05, 3.63) is 102 Å². The lowest BCUT2D eigenvalue weighted by molar-refractivity contribution is -0.123. The number of amides is 1. The number of piperidine rings is 1. The fourth-order valence-corrected chi connectivity index (χ4v) is 4.49. The summed E-state index contributed by atoms with van der Waals surface area (Å²) in [5.41, 5.74) is 2.64. The van der Waals surface area contributed by atoms with Gasteiger partial charge < -0.3 is 15.4 Å². The first kappa shape index (κ1) is 22.7. The van der Waals surface area contributed by atoms with Gasteiger partial charge in [-0.1, -0.05) is 60.7 Å². The largest absolute Gasteiger partial charge is 0.497 e. The van der Waals surface area contributed by atoms with Crippen LogP contribution < -0.4 is 15.4 Å². The van der Waals surface area contributed by atoms with E-state index in [1.54, 1.807) is 31.4 Å². The van der Waals surface area contributed by atoms with Gasteiger partial charge in [0.15, 0.2) is 5.78 Å². The van der Waals surface area contributed by atoms with Gasteiger partial charge in [-0.25, -0.2) is 0 Å². The lowest BCUT2D eigenvalue weighted by Crippen LogP contribution is -2.49. The van der Waals surface area contributed by atoms with Crippen LogP contribution in [0.2, 0.25) is 0 Å². The van der Waals surface area contributed by atoms with Gasteiger partial charge in [0.2, 0.25) is 5.91 Å². The van der Waals surface area contributed by atoms with Crippen molar-refractivity contribution in [1.82, 2.24) is 10.6 Å². The van der Waals surface area contributed by atoms with Crippen LogP contribution in [-0.2, 0) is 4.79 Å². The zero-order chi connectivity index (χ0) is 23.0. The fraction of sp³-hybridized carbons (Fsp3) is 0.286. The fourth-order valence-electron chi connectivity index (χ4n) is 4.49. The lowest BCUT2D eigenvalue weighted by atomic mass is 9.85.